The second-order valence-electron chi connectivity index (χ2n) is 7.21. The smallest absolute Gasteiger partial charge is 0.518 e. The molecule has 0 unspecified atom stereocenters. The van der Waals surface area contributed by atoms with Crippen LogP contribution in [-0.4, -0.2) is 61.3 Å². The highest BCUT2D eigenvalue weighted by atomic mass is 32.2. The van der Waals surface area contributed by atoms with E-state index in [9.17, 15) is 31.2 Å². The highest BCUT2D eigenvalue weighted by Crippen LogP contribution is 2.52. The summed E-state index contributed by atoms with van der Waals surface area (Å²) in [5.74, 6) is -1.63. The molecule has 0 N–H and O–H groups in total. The Morgan fingerprint density at radius 3 is 2.24 bits per heavy atom. The molecular weight excluding hydrogens is 403 g/mol. The maximum absolute atomic E-state index is 12.5. The van der Waals surface area contributed by atoms with Gasteiger partial charge in [-0.1, -0.05) is 0 Å². The number of amides is 1. The second-order valence-corrected chi connectivity index (χ2v) is 15.0. The van der Waals surface area contributed by atoms with E-state index in [0.29, 0.717) is 0 Å². The van der Waals surface area contributed by atoms with Crippen LogP contribution in [0.15, 0.2) is 0 Å². The van der Waals surface area contributed by atoms with Gasteiger partial charge in [0.2, 0.25) is 8.32 Å². The first kappa shape index (κ1) is 20.5. The highest BCUT2D eigenvalue weighted by Gasteiger charge is 2.67. The Bertz CT molecular complexity index is 703. The Labute approximate surface area is 148 Å². The molecule has 0 aromatic heterocycles. The van der Waals surface area contributed by atoms with E-state index in [1.807, 2.05) is 0 Å². The maximum atomic E-state index is 12.5. The number of halogens is 3. The molecule has 0 bridgehead atoms. The van der Waals surface area contributed by atoms with Crippen molar-refractivity contribution in [3.05, 3.63) is 0 Å². The minimum absolute atomic E-state index is 0.648. The number of carbonyl (C=O) groups is 2. The summed E-state index contributed by atoms with van der Waals surface area (Å²) in [5, 5.41) is -1.00. The number of alkyl halides is 3. The van der Waals surface area contributed by atoms with E-state index < -0.39 is 58.1 Å². The molecule has 2 rings (SSSR count). The third-order valence-corrected chi connectivity index (χ3v) is 6.92. The van der Waals surface area contributed by atoms with Crippen LogP contribution in [0.2, 0.25) is 19.6 Å². The SMILES string of the molecule is CC1(C)S[C@@H]2[C@@H](OS(=O)(=O)C(F)(F)F)C(=O)N2[C@H]1C(=O)O[Si](C)(C)C. The topological polar surface area (TPSA) is 90.0 Å². The van der Waals surface area contributed by atoms with E-state index in [4.69, 9.17) is 4.43 Å². The fraction of sp³-hybridized carbons (Fsp3) is 0.833. The van der Waals surface area contributed by atoms with Crippen molar-refractivity contribution in [2.45, 2.75) is 61.3 Å². The van der Waals surface area contributed by atoms with Gasteiger partial charge in [-0.15, -0.1) is 11.8 Å². The van der Waals surface area contributed by atoms with Gasteiger partial charge in [0.15, 0.2) is 6.10 Å². The largest absolute Gasteiger partial charge is 0.523 e. The van der Waals surface area contributed by atoms with Crippen LogP contribution in [-0.2, 0) is 28.3 Å². The van der Waals surface area contributed by atoms with E-state index in [1.54, 1.807) is 33.5 Å². The van der Waals surface area contributed by atoms with Crippen molar-refractivity contribution in [2.24, 2.45) is 0 Å². The summed E-state index contributed by atoms with van der Waals surface area (Å²) in [5.41, 5.74) is -5.62. The van der Waals surface area contributed by atoms with E-state index in [1.165, 1.54) is 0 Å². The van der Waals surface area contributed by atoms with Gasteiger partial charge in [0, 0.05) is 4.75 Å². The predicted octanol–water partition coefficient (Wildman–Crippen LogP) is 1.66. The summed E-state index contributed by atoms with van der Waals surface area (Å²) in [6, 6.07) is -1.02. The van der Waals surface area contributed by atoms with Gasteiger partial charge in [0.1, 0.15) is 11.4 Å². The van der Waals surface area contributed by atoms with Crippen LogP contribution in [0.25, 0.3) is 0 Å². The molecule has 2 fully saturated rings. The summed E-state index contributed by atoms with van der Waals surface area (Å²) in [7, 11) is -8.16. The zero-order valence-corrected chi connectivity index (χ0v) is 16.7. The molecule has 3 atom stereocenters. The highest BCUT2D eigenvalue weighted by molar-refractivity contribution is 8.01. The third kappa shape index (κ3) is 3.69. The molecule has 0 radical (unpaired) electrons. The lowest BCUT2D eigenvalue weighted by molar-refractivity contribution is -0.167. The average molecular weight is 421 g/mol. The molecule has 0 aromatic rings. The number of hydrogen-bond donors (Lipinski definition) is 0. The number of β-lactam (4-membered cyclic amide) rings is 1. The molecule has 0 aromatic carbocycles. The van der Waals surface area contributed by atoms with Gasteiger partial charge in [-0.3, -0.25) is 9.59 Å². The molecule has 7 nitrogen and oxygen atoms in total. The van der Waals surface area contributed by atoms with E-state index in [-0.39, 0.29) is 0 Å². The monoisotopic (exact) mass is 421 g/mol. The molecule has 25 heavy (non-hydrogen) atoms. The van der Waals surface area contributed by atoms with Crippen molar-refractivity contribution in [1.82, 2.24) is 4.90 Å². The molecule has 2 aliphatic heterocycles. The van der Waals surface area contributed by atoms with Crippen LogP contribution in [0.1, 0.15) is 13.8 Å². The quantitative estimate of drug-likeness (QED) is 0.295. The van der Waals surface area contributed by atoms with Gasteiger partial charge in [-0.2, -0.15) is 21.6 Å². The first-order valence-corrected chi connectivity index (χ1v) is 12.9. The third-order valence-electron chi connectivity index (χ3n) is 3.54. The molecule has 2 aliphatic rings. The molecule has 13 heteroatoms. The fourth-order valence-electron chi connectivity index (χ4n) is 2.60. The summed E-state index contributed by atoms with van der Waals surface area (Å²) in [6.07, 6.45) is -1.81. The van der Waals surface area contributed by atoms with Crippen molar-refractivity contribution in [1.29, 1.82) is 0 Å². The lowest BCUT2D eigenvalue weighted by Crippen LogP contribution is -2.67. The van der Waals surface area contributed by atoms with Crippen LogP contribution in [0.4, 0.5) is 13.2 Å². The minimum atomic E-state index is -5.90. The number of rotatable bonds is 4. The number of nitrogens with zero attached hydrogens (tertiary/aromatic N) is 1. The summed E-state index contributed by atoms with van der Waals surface area (Å²) in [6.45, 7) is 8.59. The van der Waals surface area contributed by atoms with Crippen LogP contribution < -0.4 is 0 Å². The van der Waals surface area contributed by atoms with Crippen molar-refractivity contribution >= 4 is 42.1 Å². The maximum Gasteiger partial charge on any atom is 0.523 e. The fourth-order valence-corrected chi connectivity index (χ4v) is 5.55. The second kappa shape index (κ2) is 5.86. The van der Waals surface area contributed by atoms with E-state index in [0.717, 1.165) is 16.7 Å². The van der Waals surface area contributed by atoms with Crippen molar-refractivity contribution < 1.29 is 39.8 Å². The average Bonchev–Trinajstić information content (AvgIpc) is 2.61. The van der Waals surface area contributed by atoms with Crippen LogP contribution in [0, 0.1) is 0 Å². The lowest BCUT2D eigenvalue weighted by atomic mass is 9.97. The zero-order valence-electron chi connectivity index (χ0n) is 14.1. The molecule has 0 saturated carbocycles. The van der Waals surface area contributed by atoms with Gasteiger partial charge in [-0.05, 0) is 33.5 Å². The number of carbonyl (C=O) groups excluding carboxylic acids is 2. The van der Waals surface area contributed by atoms with Gasteiger partial charge in [0.25, 0.3) is 5.91 Å². The van der Waals surface area contributed by atoms with Crippen molar-refractivity contribution in [3.63, 3.8) is 0 Å². The number of hydrogen-bond acceptors (Lipinski definition) is 7. The molecule has 2 saturated heterocycles. The molecule has 0 spiro atoms. The number of fused-ring (bicyclic) bond motifs is 1. The van der Waals surface area contributed by atoms with Crippen molar-refractivity contribution in [3.8, 4) is 0 Å². The van der Waals surface area contributed by atoms with Crippen LogP contribution in [0.5, 0.6) is 0 Å². The normalized spacial score (nSPS) is 29.2. The van der Waals surface area contributed by atoms with Crippen LogP contribution in [0.3, 0.4) is 0 Å². The standard InChI is InChI=1S/C12H18F3NO6S2Si/c1-11(2)7(10(18)22-25(3,4)5)16-8(17)6(9(16)23-11)21-24(19,20)12(13,14)15/h6-7,9H,1-5H3/t6-,7-,9+/m0/s1. The predicted molar refractivity (Wildman–Crippen MR) is 85.4 cm³/mol. The number of thioether (sulfide) groups is 1. The summed E-state index contributed by atoms with van der Waals surface area (Å²) < 4.78 is 68.3. The molecule has 2 heterocycles. The Balaban J connectivity index is 2.22. The van der Waals surface area contributed by atoms with Crippen molar-refractivity contribution in [2.75, 3.05) is 0 Å². The minimum Gasteiger partial charge on any atom is -0.518 e. The van der Waals surface area contributed by atoms with E-state index >= 15 is 0 Å². The first-order chi connectivity index (χ1) is 11.0. The lowest BCUT2D eigenvalue weighted by Gasteiger charge is -2.43. The Kier molecular flexibility index (Phi) is 4.81. The summed E-state index contributed by atoms with van der Waals surface area (Å²) >= 11 is 1.01. The first-order valence-electron chi connectivity index (χ1n) is 7.20. The Morgan fingerprint density at radius 2 is 1.80 bits per heavy atom. The van der Waals surface area contributed by atoms with Gasteiger partial charge in [0.05, 0.1) is 0 Å². The molecule has 144 valence electrons. The molecular formula is C12H18F3NO6S2Si. The van der Waals surface area contributed by atoms with E-state index in [2.05, 4.69) is 4.18 Å². The van der Waals surface area contributed by atoms with Gasteiger partial charge >= 0.3 is 21.6 Å². The van der Waals surface area contributed by atoms with Crippen LogP contribution >= 0.6 is 11.8 Å². The van der Waals surface area contributed by atoms with Gasteiger partial charge in [-0.25, -0.2) is 4.18 Å². The Morgan fingerprint density at radius 1 is 1.28 bits per heavy atom. The summed E-state index contributed by atoms with van der Waals surface area (Å²) in [4.78, 5) is 25.7. The Hall–Kier alpha value is -0.793. The zero-order chi connectivity index (χ0) is 19.6. The molecule has 1 amide bonds. The van der Waals surface area contributed by atoms with Gasteiger partial charge < -0.3 is 9.33 Å². The molecule has 0 aliphatic carbocycles.